The molecule has 0 saturated heterocycles. The van der Waals surface area contributed by atoms with Gasteiger partial charge in [-0.3, -0.25) is 0 Å². The van der Waals surface area contributed by atoms with Gasteiger partial charge in [-0.05, 0) is 45.2 Å². The smallest absolute Gasteiger partial charge is 0.178 e. The van der Waals surface area contributed by atoms with E-state index >= 15 is 0 Å². The molecule has 5 heteroatoms. The Bertz CT molecular complexity index is 675. The summed E-state index contributed by atoms with van der Waals surface area (Å²) in [6, 6.07) is 8.40. The van der Waals surface area contributed by atoms with Crippen LogP contribution in [0.3, 0.4) is 0 Å². The molecular formula is C14H18N4S. The zero-order chi connectivity index (χ0) is 14.0. The van der Waals surface area contributed by atoms with Crippen LogP contribution in [0.2, 0.25) is 0 Å². The highest BCUT2D eigenvalue weighted by atomic mass is 32.1. The molecule has 0 aliphatic carbocycles. The zero-order valence-corrected chi connectivity index (χ0v) is 12.3. The van der Waals surface area contributed by atoms with Crippen LogP contribution in [-0.2, 0) is 6.54 Å². The van der Waals surface area contributed by atoms with E-state index in [-0.39, 0.29) is 0 Å². The number of aromatic nitrogens is 2. The molecule has 100 valence electrons. The maximum Gasteiger partial charge on any atom is 0.178 e. The minimum atomic E-state index is 0.508. The standard InChI is InChI=1S/C14H18N4S/c1-10(2)17(3)7-8-18-12-6-4-5-11(9-15)13(12)16-14(18)19/h4-6,10H,7-8H2,1-3H3,(H,16,19). The van der Waals surface area contributed by atoms with Crippen LogP contribution in [0.1, 0.15) is 19.4 Å². The third-order valence-electron chi connectivity index (χ3n) is 3.49. The van der Waals surface area contributed by atoms with Gasteiger partial charge in [0.05, 0.1) is 16.6 Å². The van der Waals surface area contributed by atoms with E-state index in [0.717, 1.165) is 24.1 Å². The highest BCUT2D eigenvalue weighted by Crippen LogP contribution is 2.18. The van der Waals surface area contributed by atoms with E-state index in [1.165, 1.54) is 0 Å². The van der Waals surface area contributed by atoms with Crippen molar-refractivity contribution in [2.75, 3.05) is 13.6 Å². The number of rotatable bonds is 4. The van der Waals surface area contributed by atoms with Crippen LogP contribution in [0.5, 0.6) is 0 Å². The Balaban J connectivity index is 2.37. The van der Waals surface area contributed by atoms with E-state index in [0.29, 0.717) is 16.4 Å². The van der Waals surface area contributed by atoms with Crippen molar-refractivity contribution in [2.24, 2.45) is 0 Å². The van der Waals surface area contributed by atoms with Gasteiger partial charge in [0.2, 0.25) is 0 Å². The van der Waals surface area contributed by atoms with Gasteiger partial charge in [0.1, 0.15) is 6.07 Å². The van der Waals surface area contributed by atoms with Crippen LogP contribution in [0.15, 0.2) is 18.2 Å². The lowest BCUT2D eigenvalue weighted by Gasteiger charge is -2.21. The predicted molar refractivity (Wildman–Crippen MR) is 79.6 cm³/mol. The summed E-state index contributed by atoms with van der Waals surface area (Å²) in [6.45, 7) is 6.09. The maximum atomic E-state index is 9.11. The van der Waals surface area contributed by atoms with Gasteiger partial charge in [-0.1, -0.05) is 6.07 Å². The Labute approximate surface area is 118 Å². The van der Waals surface area contributed by atoms with Crippen molar-refractivity contribution in [2.45, 2.75) is 26.4 Å². The number of nitriles is 1. The largest absolute Gasteiger partial charge is 0.329 e. The summed E-state index contributed by atoms with van der Waals surface area (Å²) in [5.41, 5.74) is 2.47. The lowest BCUT2D eigenvalue weighted by Crippen LogP contribution is -2.29. The molecule has 0 spiro atoms. The molecule has 0 atom stereocenters. The average molecular weight is 274 g/mol. The van der Waals surface area contributed by atoms with E-state index in [2.05, 4.69) is 41.4 Å². The summed E-state index contributed by atoms with van der Waals surface area (Å²) >= 11 is 5.36. The third-order valence-corrected chi connectivity index (χ3v) is 3.81. The lowest BCUT2D eigenvalue weighted by atomic mass is 10.2. The number of benzene rings is 1. The number of para-hydroxylation sites is 1. The molecule has 0 amide bonds. The first-order valence-corrected chi connectivity index (χ1v) is 6.77. The van der Waals surface area contributed by atoms with Gasteiger partial charge in [0.25, 0.3) is 0 Å². The van der Waals surface area contributed by atoms with E-state index in [1.807, 2.05) is 12.1 Å². The number of nitrogens with one attached hydrogen (secondary N) is 1. The van der Waals surface area contributed by atoms with Crippen LogP contribution in [-0.4, -0.2) is 34.1 Å². The molecule has 2 aromatic rings. The Morgan fingerprint density at radius 2 is 2.21 bits per heavy atom. The van der Waals surface area contributed by atoms with Gasteiger partial charge in [-0.15, -0.1) is 0 Å². The Morgan fingerprint density at radius 3 is 2.84 bits per heavy atom. The molecule has 1 aromatic heterocycles. The molecule has 0 radical (unpaired) electrons. The molecular weight excluding hydrogens is 256 g/mol. The van der Waals surface area contributed by atoms with Gasteiger partial charge in [-0.25, -0.2) is 0 Å². The van der Waals surface area contributed by atoms with Crippen molar-refractivity contribution in [3.63, 3.8) is 0 Å². The molecule has 1 aromatic carbocycles. The van der Waals surface area contributed by atoms with Crippen molar-refractivity contribution in [3.05, 3.63) is 28.5 Å². The summed E-state index contributed by atoms with van der Waals surface area (Å²) in [4.78, 5) is 5.41. The molecule has 0 unspecified atom stereocenters. The van der Waals surface area contributed by atoms with Gasteiger partial charge < -0.3 is 14.5 Å². The Hall–Kier alpha value is -1.64. The van der Waals surface area contributed by atoms with Gasteiger partial charge in [-0.2, -0.15) is 5.26 Å². The predicted octanol–water partition coefficient (Wildman–Crippen LogP) is 2.91. The SMILES string of the molecule is CC(C)N(C)CCn1c(=S)[nH]c2c(C#N)cccc21. The Kier molecular flexibility index (Phi) is 4.03. The fourth-order valence-corrected chi connectivity index (χ4v) is 2.30. The first-order chi connectivity index (χ1) is 9.04. The van der Waals surface area contributed by atoms with Crippen molar-refractivity contribution < 1.29 is 0 Å². The second kappa shape index (κ2) is 5.55. The second-order valence-corrected chi connectivity index (χ2v) is 5.35. The van der Waals surface area contributed by atoms with E-state index in [1.54, 1.807) is 6.07 Å². The number of hydrogen-bond donors (Lipinski definition) is 1. The number of imidazole rings is 1. The number of likely N-dealkylation sites (N-methyl/N-ethyl adjacent to an activating group) is 1. The highest BCUT2D eigenvalue weighted by Gasteiger charge is 2.09. The van der Waals surface area contributed by atoms with Crippen molar-refractivity contribution in [1.82, 2.24) is 14.5 Å². The van der Waals surface area contributed by atoms with E-state index in [9.17, 15) is 0 Å². The monoisotopic (exact) mass is 274 g/mol. The van der Waals surface area contributed by atoms with Crippen LogP contribution in [0.25, 0.3) is 11.0 Å². The summed E-state index contributed by atoms with van der Waals surface area (Å²) in [5, 5.41) is 9.11. The first-order valence-electron chi connectivity index (χ1n) is 6.36. The highest BCUT2D eigenvalue weighted by molar-refractivity contribution is 7.71. The lowest BCUT2D eigenvalue weighted by molar-refractivity contribution is 0.263. The Morgan fingerprint density at radius 1 is 1.47 bits per heavy atom. The van der Waals surface area contributed by atoms with Crippen LogP contribution in [0, 0.1) is 16.1 Å². The topological polar surface area (TPSA) is 47.8 Å². The van der Waals surface area contributed by atoms with Crippen LogP contribution in [0.4, 0.5) is 0 Å². The molecule has 1 N–H and O–H groups in total. The fraction of sp³-hybridized carbons (Fsp3) is 0.429. The molecule has 0 aliphatic heterocycles. The third kappa shape index (κ3) is 2.70. The summed E-state index contributed by atoms with van der Waals surface area (Å²) < 4.78 is 2.74. The number of fused-ring (bicyclic) bond motifs is 1. The van der Waals surface area contributed by atoms with Crippen LogP contribution < -0.4 is 0 Å². The molecule has 0 fully saturated rings. The van der Waals surface area contributed by atoms with Gasteiger partial charge >= 0.3 is 0 Å². The minimum Gasteiger partial charge on any atom is -0.329 e. The molecule has 2 rings (SSSR count). The molecule has 0 saturated carbocycles. The normalized spacial score (nSPS) is 11.4. The fourth-order valence-electron chi connectivity index (χ4n) is 2.01. The number of hydrogen-bond acceptors (Lipinski definition) is 3. The first kappa shape index (κ1) is 13.8. The van der Waals surface area contributed by atoms with E-state index in [4.69, 9.17) is 17.5 Å². The van der Waals surface area contributed by atoms with Gasteiger partial charge in [0.15, 0.2) is 4.77 Å². The number of aromatic amines is 1. The summed E-state index contributed by atoms with van der Waals surface area (Å²) in [6.07, 6.45) is 0. The molecule has 1 heterocycles. The van der Waals surface area contributed by atoms with Gasteiger partial charge in [0, 0.05) is 19.1 Å². The summed E-state index contributed by atoms with van der Waals surface area (Å²) in [7, 11) is 2.10. The zero-order valence-electron chi connectivity index (χ0n) is 11.5. The van der Waals surface area contributed by atoms with Crippen molar-refractivity contribution >= 4 is 23.3 Å². The molecule has 4 nitrogen and oxygen atoms in total. The van der Waals surface area contributed by atoms with Crippen molar-refractivity contribution in [1.29, 1.82) is 5.26 Å². The molecule has 0 aliphatic rings. The van der Waals surface area contributed by atoms with Crippen LogP contribution >= 0.6 is 12.2 Å². The summed E-state index contributed by atoms with van der Waals surface area (Å²) in [5.74, 6) is 0. The van der Waals surface area contributed by atoms with E-state index < -0.39 is 0 Å². The van der Waals surface area contributed by atoms with Crippen molar-refractivity contribution in [3.8, 4) is 6.07 Å². The quantitative estimate of drug-likeness (QED) is 0.872. The molecule has 0 bridgehead atoms. The number of nitrogens with zero attached hydrogens (tertiary/aromatic N) is 3. The average Bonchev–Trinajstić information content (AvgIpc) is 2.71. The minimum absolute atomic E-state index is 0.508. The second-order valence-electron chi connectivity index (χ2n) is 4.97. The number of H-pyrrole nitrogens is 1. The molecule has 19 heavy (non-hydrogen) atoms. The maximum absolute atomic E-state index is 9.11.